The van der Waals surface area contributed by atoms with Crippen LogP contribution < -0.4 is 0 Å². The molecule has 1 fully saturated rings. The maximum atomic E-state index is 11.8. The van der Waals surface area contributed by atoms with Gasteiger partial charge in [-0.2, -0.15) is 0 Å². The number of rotatable bonds is 3. The zero-order chi connectivity index (χ0) is 13.0. The van der Waals surface area contributed by atoms with Crippen molar-refractivity contribution < 1.29 is 19.4 Å². The minimum absolute atomic E-state index is 0.150. The molecule has 5 heteroatoms. The van der Waals surface area contributed by atoms with E-state index in [1.165, 1.54) is 4.90 Å². The number of aliphatic hydroxyl groups excluding tert-OH is 1. The highest BCUT2D eigenvalue weighted by atomic mass is 16.6. The average Bonchev–Trinajstić information content (AvgIpc) is 2.78. The summed E-state index contributed by atoms with van der Waals surface area (Å²) >= 11 is 0. The van der Waals surface area contributed by atoms with Gasteiger partial charge in [-0.1, -0.05) is 30.3 Å². The van der Waals surface area contributed by atoms with Crippen molar-refractivity contribution in [3.8, 4) is 0 Å². The number of ether oxygens (including phenoxy) is 1. The van der Waals surface area contributed by atoms with E-state index in [0.717, 1.165) is 5.56 Å². The number of hydrogen-bond donors (Lipinski definition) is 1. The Morgan fingerprint density at radius 2 is 2.17 bits per heavy atom. The van der Waals surface area contributed by atoms with Crippen molar-refractivity contribution in [2.45, 2.75) is 25.2 Å². The fourth-order valence-electron chi connectivity index (χ4n) is 1.98. The van der Waals surface area contributed by atoms with E-state index in [4.69, 9.17) is 4.74 Å². The molecular formula is C13H15NO4. The van der Waals surface area contributed by atoms with E-state index in [2.05, 4.69) is 0 Å². The molecule has 1 aliphatic rings. The lowest BCUT2D eigenvalue weighted by Gasteiger charge is -2.19. The molecule has 18 heavy (non-hydrogen) atoms. The van der Waals surface area contributed by atoms with Gasteiger partial charge in [0.15, 0.2) is 0 Å². The summed E-state index contributed by atoms with van der Waals surface area (Å²) in [5.74, 6) is 0. The van der Waals surface area contributed by atoms with Gasteiger partial charge in [0.1, 0.15) is 12.9 Å². The average molecular weight is 249 g/mol. The summed E-state index contributed by atoms with van der Waals surface area (Å²) in [6.45, 7) is 0.314. The van der Waals surface area contributed by atoms with Crippen molar-refractivity contribution in [2.24, 2.45) is 0 Å². The minimum Gasteiger partial charge on any atom is -0.445 e. The standard InChI is InChI=1S/C13H15NO4/c15-8-11-6-12(16)7-14(11)13(17)18-9-10-4-2-1-3-5-10/h1-5,8,11-12,16H,6-7,9H2/t11-,12-/m1/s1. The van der Waals surface area contributed by atoms with Gasteiger partial charge in [0.05, 0.1) is 18.7 Å². The number of β-amino-alcohol motifs (C(OH)–C–C–N with tert-alkyl or cyclic N) is 1. The predicted molar refractivity (Wildman–Crippen MR) is 63.8 cm³/mol. The van der Waals surface area contributed by atoms with Crippen molar-refractivity contribution in [3.63, 3.8) is 0 Å². The molecule has 1 saturated heterocycles. The summed E-state index contributed by atoms with van der Waals surface area (Å²) in [4.78, 5) is 23.8. The quantitative estimate of drug-likeness (QED) is 0.810. The van der Waals surface area contributed by atoms with Crippen LogP contribution in [0.3, 0.4) is 0 Å². The second-order valence-corrected chi connectivity index (χ2v) is 4.29. The van der Waals surface area contributed by atoms with Crippen LogP contribution in [0.25, 0.3) is 0 Å². The monoisotopic (exact) mass is 249 g/mol. The number of nitrogens with zero attached hydrogens (tertiary/aromatic N) is 1. The Kier molecular flexibility index (Phi) is 3.94. The van der Waals surface area contributed by atoms with E-state index < -0.39 is 18.2 Å². The van der Waals surface area contributed by atoms with Crippen LogP contribution in [-0.4, -0.2) is 41.1 Å². The number of amides is 1. The molecule has 5 nitrogen and oxygen atoms in total. The summed E-state index contributed by atoms with van der Waals surface area (Å²) in [5, 5.41) is 9.43. The molecule has 0 unspecified atom stereocenters. The molecule has 2 rings (SSSR count). The van der Waals surface area contributed by atoms with E-state index in [0.29, 0.717) is 6.29 Å². The van der Waals surface area contributed by atoms with Gasteiger partial charge in [-0.25, -0.2) is 4.79 Å². The normalized spacial score (nSPS) is 22.8. The number of aliphatic hydroxyl groups is 1. The molecule has 1 aliphatic heterocycles. The summed E-state index contributed by atoms with van der Waals surface area (Å²) in [5.41, 5.74) is 0.883. The van der Waals surface area contributed by atoms with Crippen molar-refractivity contribution in [1.82, 2.24) is 4.90 Å². The number of carbonyl (C=O) groups is 2. The molecule has 1 aromatic carbocycles. The van der Waals surface area contributed by atoms with E-state index >= 15 is 0 Å². The third-order valence-corrected chi connectivity index (χ3v) is 2.92. The summed E-state index contributed by atoms with van der Waals surface area (Å²) in [7, 11) is 0. The molecule has 0 spiro atoms. The highest BCUT2D eigenvalue weighted by Gasteiger charge is 2.34. The molecule has 1 aromatic rings. The number of hydrogen-bond acceptors (Lipinski definition) is 4. The van der Waals surface area contributed by atoms with Crippen LogP contribution in [0.15, 0.2) is 30.3 Å². The molecule has 0 bridgehead atoms. The third-order valence-electron chi connectivity index (χ3n) is 2.92. The molecular weight excluding hydrogens is 234 g/mol. The van der Waals surface area contributed by atoms with Crippen LogP contribution in [0, 0.1) is 0 Å². The van der Waals surface area contributed by atoms with Crippen LogP contribution in [0.2, 0.25) is 0 Å². The van der Waals surface area contributed by atoms with Crippen molar-refractivity contribution >= 4 is 12.4 Å². The first-order valence-electron chi connectivity index (χ1n) is 5.81. The van der Waals surface area contributed by atoms with Gasteiger partial charge in [0.2, 0.25) is 0 Å². The summed E-state index contributed by atoms with van der Waals surface area (Å²) in [6, 6.07) is 8.72. The number of carbonyl (C=O) groups excluding carboxylic acids is 2. The lowest BCUT2D eigenvalue weighted by atomic mass is 10.2. The Hall–Kier alpha value is -1.88. The minimum atomic E-state index is -0.649. The van der Waals surface area contributed by atoms with E-state index in [9.17, 15) is 14.7 Å². The maximum Gasteiger partial charge on any atom is 0.410 e. The highest BCUT2D eigenvalue weighted by Crippen LogP contribution is 2.17. The lowest BCUT2D eigenvalue weighted by molar-refractivity contribution is -0.111. The zero-order valence-corrected chi connectivity index (χ0v) is 9.86. The van der Waals surface area contributed by atoms with Gasteiger partial charge in [-0.3, -0.25) is 4.90 Å². The van der Waals surface area contributed by atoms with Gasteiger partial charge >= 0.3 is 6.09 Å². The van der Waals surface area contributed by atoms with Crippen LogP contribution in [0.5, 0.6) is 0 Å². The van der Waals surface area contributed by atoms with Crippen molar-refractivity contribution in [3.05, 3.63) is 35.9 Å². The first kappa shape index (κ1) is 12.6. The first-order valence-corrected chi connectivity index (χ1v) is 5.81. The van der Waals surface area contributed by atoms with Crippen LogP contribution in [0.4, 0.5) is 4.79 Å². The fraction of sp³-hybridized carbons (Fsp3) is 0.385. The maximum absolute atomic E-state index is 11.8. The van der Waals surface area contributed by atoms with E-state index in [1.54, 1.807) is 0 Å². The largest absolute Gasteiger partial charge is 0.445 e. The van der Waals surface area contributed by atoms with Gasteiger partial charge in [0, 0.05) is 6.42 Å². The molecule has 0 aromatic heterocycles. The summed E-state index contributed by atoms with van der Waals surface area (Å²) in [6.07, 6.45) is -0.263. The van der Waals surface area contributed by atoms with E-state index in [1.807, 2.05) is 30.3 Å². The van der Waals surface area contributed by atoms with Crippen LogP contribution >= 0.6 is 0 Å². The molecule has 1 heterocycles. The molecule has 96 valence electrons. The Labute approximate surface area is 105 Å². The van der Waals surface area contributed by atoms with Gasteiger partial charge in [-0.15, -0.1) is 0 Å². The lowest BCUT2D eigenvalue weighted by Crippen LogP contribution is -2.37. The Balaban J connectivity index is 1.90. The molecule has 2 atom stereocenters. The molecule has 0 radical (unpaired) electrons. The molecule has 1 N–H and O–H groups in total. The molecule has 0 saturated carbocycles. The molecule has 1 amide bonds. The highest BCUT2D eigenvalue weighted by molar-refractivity contribution is 5.74. The second kappa shape index (κ2) is 5.64. The van der Waals surface area contributed by atoms with Crippen molar-refractivity contribution in [1.29, 1.82) is 0 Å². The predicted octanol–water partition coefficient (Wildman–Crippen LogP) is 0.957. The fourth-order valence-corrected chi connectivity index (χ4v) is 1.98. The zero-order valence-electron chi connectivity index (χ0n) is 9.86. The topological polar surface area (TPSA) is 66.8 Å². The second-order valence-electron chi connectivity index (χ2n) is 4.29. The number of likely N-dealkylation sites (tertiary alicyclic amines) is 1. The van der Waals surface area contributed by atoms with Gasteiger partial charge in [0.25, 0.3) is 0 Å². The third kappa shape index (κ3) is 2.87. The van der Waals surface area contributed by atoms with Crippen LogP contribution in [0.1, 0.15) is 12.0 Å². The Morgan fingerprint density at radius 1 is 1.44 bits per heavy atom. The van der Waals surface area contributed by atoms with E-state index in [-0.39, 0.29) is 19.6 Å². The van der Waals surface area contributed by atoms with Crippen LogP contribution in [-0.2, 0) is 16.1 Å². The SMILES string of the molecule is O=C[C@H]1C[C@@H](O)CN1C(=O)OCc1ccccc1. The van der Waals surface area contributed by atoms with Gasteiger partial charge in [-0.05, 0) is 5.56 Å². The van der Waals surface area contributed by atoms with Crippen molar-refractivity contribution in [2.75, 3.05) is 6.54 Å². The molecule has 0 aliphatic carbocycles. The number of aldehydes is 1. The summed E-state index contributed by atoms with van der Waals surface area (Å²) < 4.78 is 5.11. The van der Waals surface area contributed by atoms with Gasteiger partial charge < -0.3 is 14.6 Å². The Bertz CT molecular complexity index is 420. The first-order chi connectivity index (χ1) is 8.70. The smallest absolute Gasteiger partial charge is 0.410 e. The Morgan fingerprint density at radius 3 is 2.83 bits per heavy atom. The number of benzene rings is 1.